The number of hydrogen-bond acceptors (Lipinski definition) is 5. The number of phenols is 1. The molecule has 150 valence electrons. The quantitative estimate of drug-likeness (QED) is 0.378. The summed E-state index contributed by atoms with van der Waals surface area (Å²) in [7, 11) is 2.17. The largest absolute Gasteiger partial charge is 0.507 e. The van der Waals surface area contributed by atoms with Gasteiger partial charge in [-0.3, -0.25) is 14.9 Å². The third-order valence-electron chi connectivity index (χ3n) is 5.56. The number of carbonyl (C=O) groups excluding carboxylic acids is 1. The summed E-state index contributed by atoms with van der Waals surface area (Å²) in [6.07, 6.45) is 1.57. The van der Waals surface area contributed by atoms with Crippen molar-refractivity contribution in [1.29, 1.82) is 0 Å². The van der Waals surface area contributed by atoms with E-state index in [1.807, 2.05) is 0 Å². The Balaban J connectivity index is 1.59. The number of allylic oxidation sites excluding steroid dienone is 1. The number of carbonyl (C=O) groups is 1. The molecule has 2 aromatic rings. The number of rotatable bonds is 4. The zero-order valence-electron chi connectivity index (χ0n) is 16.1. The smallest absolute Gasteiger partial charge is 0.269 e. The minimum Gasteiger partial charge on any atom is -0.507 e. The Morgan fingerprint density at radius 3 is 2.48 bits per heavy atom. The molecule has 0 aliphatic carbocycles. The number of phenolic OH excluding ortho intramolecular Hbond substituents is 1. The van der Waals surface area contributed by atoms with Gasteiger partial charge < -0.3 is 19.6 Å². The van der Waals surface area contributed by atoms with Crippen LogP contribution < -0.4 is 14.5 Å². The molecule has 0 amide bonds. The van der Waals surface area contributed by atoms with E-state index in [9.17, 15) is 20.0 Å². The molecule has 0 atom stereocenters. The number of ketones is 1. The number of quaternary nitrogens is 2. The molecule has 8 heteroatoms. The Morgan fingerprint density at radius 1 is 1.14 bits per heavy atom. The summed E-state index contributed by atoms with van der Waals surface area (Å²) in [6.45, 7) is 4.72. The Morgan fingerprint density at radius 2 is 1.83 bits per heavy atom. The number of nitrogens with zero attached hydrogens (tertiary/aromatic N) is 1. The highest BCUT2D eigenvalue weighted by molar-refractivity contribution is 6.15. The van der Waals surface area contributed by atoms with Crippen molar-refractivity contribution in [3.05, 3.63) is 69.0 Å². The minimum absolute atomic E-state index is 0.0155. The Bertz CT molecular complexity index is 992. The second kappa shape index (κ2) is 7.65. The van der Waals surface area contributed by atoms with Crippen LogP contribution in [0.25, 0.3) is 6.08 Å². The van der Waals surface area contributed by atoms with Crippen LogP contribution in [-0.2, 0) is 6.54 Å². The van der Waals surface area contributed by atoms with Crippen molar-refractivity contribution in [1.82, 2.24) is 0 Å². The van der Waals surface area contributed by atoms with E-state index in [1.54, 1.807) is 30.3 Å². The van der Waals surface area contributed by atoms with Crippen LogP contribution >= 0.6 is 0 Å². The number of benzene rings is 2. The molecule has 0 aromatic heterocycles. The van der Waals surface area contributed by atoms with Gasteiger partial charge in [-0.1, -0.05) is 0 Å². The number of ether oxygens (including phenoxy) is 1. The van der Waals surface area contributed by atoms with E-state index in [2.05, 4.69) is 7.05 Å². The second-order valence-corrected chi connectivity index (χ2v) is 7.61. The summed E-state index contributed by atoms with van der Waals surface area (Å²) in [6, 6.07) is 9.03. The number of nitrogens with one attached hydrogen (secondary N) is 2. The van der Waals surface area contributed by atoms with Gasteiger partial charge in [0.25, 0.3) is 5.69 Å². The first-order valence-corrected chi connectivity index (χ1v) is 9.61. The van der Waals surface area contributed by atoms with Gasteiger partial charge in [-0.25, -0.2) is 0 Å². The van der Waals surface area contributed by atoms with Gasteiger partial charge in [-0.05, 0) is 35.9 Å². The van der Waals surface area contributed by atoms with Crippen molar-refractivity contribution in [2.45, 2.75) is 6.54 Å². The lowest BCUT2D eigenvalue weighted by Crippen LogP contribution is -3.26. The lowest BCUT2D eigenvalue weighted by Gasteiger charge is -2.27. The molecule has 29 heavy (non-hydrogen) atoms. The lowest BCUT2D eigenvalue weighted by atomic mass is 10.0. The van der Waals surface area contributed by atoms with Crippen molar-refractivity contribution in [2.24, 2.45) is 0 Å². The summed E-state index contributed by atoms with van der Waals surface area (Å²) in [5.41, 5.74) is 1.70. The van der Waals surface area contributed by atoms with Gasteiger partial charge >= 0.3 is 0 Å². The molecule has 0 unspecified atom stereocenters. The Labute approximate surface area is 167 Å². The molecule has 1 fully saturated rings. The molecular formula is C21H23N3O5+2. The van der Waals surface area contributed by atoms with Crippen LogP contribution in [-0.4, -0.2) is 49.0 Å². The second-order valence-electron chi connectivity index (χ2n) is 7.61. The highest BCUT2D eigenvalue weighted by atomic mass is 16.6. The summed E-state index contributed by atoms with van der Waals surface area (Å²) >= 11 is 0. The van der Waals surface area contributed by atoms with E-state index in [0.717, 1.165) is 26.2 Å². The molecule has 3 N–H and O–H groups in total. The van der Waals surface area contributed by atoms with E-state index >= 15 is 0 Å². The average molecular weight is 397 g/mol. The number of hydrogen-bond donors (Lipinski definition) is 3. The lowest BCUT2D eigenvalue weighted by molar-refractivity contribution is -1.01. The van der Waals surface area contributed by atoms with E-state index in [4.69, 9.17) is 4.74 Å². The predicted octanol–water partition coefficient (Wildman–Crippen LogP) is -0.170. The van der Waals surface area contributed by atoms with Gasteiger partial charge in [0.2, 0.25) is 5.78 Å². The molecule has 1 saturated heterocycles. The number of aromatic hydroxyl groups is 1. The minimum atomic E-state index is -0.471. The van der Waals surface area contributed by atoms with Crippen molar-refractivity contribution in [3.63, 3.8) is 0 Å². The van der Waals surface area contributed by atoms with Gasteiger partial charge in [0.1, 0.15) is 38.5 Å². The Hall–Kier alpha value is -3.23. The van der Waals surface area contributed by atoms with Crippen LogP contribution in [0.1, 0.15) is 21.5 Å². The monoisotopic (exact) mass is 397 g/mol. The van der Waals surface area contributed by atoms with Crippen LogP contribution in [0.15, 0.2) is 42.2 Å². The number of likely N-dealkylation sites (N-methyl/N-ethyl adjacent to an activating group) is 1. The SMILES string of the molecule is C[NH+]1CC[NH+](Cc2c(O)ccc3c2O/C(=C\c2ccc([N+](=O)[O-])cc2)C3=O)CC1. The van der Waals surface area contributed by atoms with E-state index in [1.165, 1.54) is 21.9 Å². The first-order chi connectivity index (χ1) is 13.9. The fourth-order valence-corrected chi connectivity index (χ4v) is 3.77. The number of piperazine rings is 1. The van der Waals surface area contributed by atoms with Crippen LogP contribution in [0.3, 0.4) is 0 Å². The van der Waals surface area contributed by atoms with Crippen LogP contribution in [0.2, 0.25) is 0 Å². The fourth-order valence-electron chi connectivity index (χ4n) is 3.77. The zero-order chi connectivity index (χ0) is 20.5. The van der Waals surface area contributed by atoms with E-state index in [0.29, 0.717) is 29.0 Å². The molecule has 2 heterocycles. The van der Waals surface area contributed by atoms with E-state index in [-0.39, 0.29) is 23.0 Å². The topological polar surface area (TPSA) is 98.6 Å². The first-order valence-electron chi connectivity index (χ1n) is 9.61. The van der Waals surface area contributed by atoms with Crippen LogP contribution in [0.5, 0.6) is 11.5 Å². The fraction of sp³-hybridized carbons (Fsp3) is 0.286. The third-order valence-corrected chi connectivity index (χ3v) is 5.56. The maximum absolute atomic E-state index is 12.8. The molecule has 0 saturated carbocycles. The number of fused-ring (bicyclic) bond motifs is 1. The standard InChI is InChI=1S/C21H21N3O5/c1-22-8-10-23(11-9-22)13-17-18(25)7-6-16-20(26)19(29-21(16)17)12-14-2-4-15(5-3-14)24(27)28/h2-7,12,25H,8-11,13H2,1H3/p+2/b19-12-. The highest BCUT2D eigenvalue weighted by Gasteiger charge is 2.33. The molecule has 8 nitrogen and oxygen atoms in total. The summed E-state index contributed by atoms with van der Waals surface area (Å²) in [5.74, 6) is 0.449. The predicted molar refractivity (Wildman–Crippen MR) is 105 cm³/mol. The average Bonchev–Trinajstić information content (AvgIpc) is 3.02. The van der Waals surface area contributed by atoms with Crippen LogP contribution in [0, 0.1) is 10.1 Å². The molecule has 2 aliphatic rings. The van der Waals surface area contributed by atoms with Crippen molar-refractivity contribution >= 4 is 17.5 Å². The molecule has 2 aliphatic heterocycles. The van der Waals surface area contributed by atoms with Gasteiger partial charge in [-0.15, -0.1) is 0 Å². The maximum Gasteiger partial charge on any atom is 0.269 e. The molecular weight excluding hydrogens is 374 g/mol. The van der Waals surface area contributed by atoms with Gasteiger partial charge in [-0.2, -0.15) is 0 Å². The third kappa shape index (κ3) is 3.85. The summed E-state index contributed by atoms with van der Waals surface area (Å²) < 4.78 is 5.87. The van der Waals surface area contributed by atoms with Crippen molar-refractivity contribution in [3.8, 4) is 11.5 Å². The molecule has 2 aromatic carbocycles. The first kappa shape index (κ1) is 19.1. The Kier molecular flexibility index (Phi) is 5.04. The van der Waals surface area contributed by atoms with Crippen LogP contribution in [0.4, 0.5) is 5.69 Å². The number of Topliss-reactive ketones (excluding diaryl/α,β-unsaturated/α-hetero) is 1. The normalized spacial score (nSPS) is 22.4. The molecule has 0 bridgehead atoms. The number of nitro groups is 1. The van der Waals surface area contributed by atoms with Crippen molar-refractivity contribution < 1.29 is 29.4 Å². The molecule has 0 radical (unpaired) electrons. The number of nitro benzene ring substituents is 1. The van der Waals surface area contributed by atoms with Gasteiger partial charge in [0.05, 0.1) is 23.1 Å². The van der Waals surface area contributed by atoms with Gasteiger partial charge in [0.15, 0.2) is 11.5 Å². The molecule has 4 rings (SSSR count). The van der Waals surface area contributed by atoms with Gasteiger partial charge in [0, 0.05) is 12.1 Å². The summed E-state index contributed by atoms with van der Waals surface area (Å²) in [5, 5.41) is 21.2. The van der Waals surface area contributed by atoms with Crippen molar-refractivity contribution in [2.75, 3.05) is 33.2 Å². The number of non-ortho nitro benzene ring substituents is 1. The summed E-state index contributed by atoms with van der Waals surface area (Å²) in [4.78, 5) is 25.9. The maximum atomic E-state index is 12.8. The highest BCUT2D eigenvalue weighted by Crippen LogP contribution is 2.39. The zero-order valence-corrected chi connectivity index (χ0v) is 16.1. The van der Waals surface area contributed by atoms with E-state index < -0.39 is 4.92 Å². The molecule has 0 spiro atoms.